The number of aryl methyl sites for hydroxylation is 6. The number of rotatable bonds is 20. The summed E-state index contributed by atoms with van der Waals surface area (Å²) < 4.78 is 0. The fraction of sp³-hybridized carbons (Fsp3) is 0.0455. The van der Waals surface area contributed by atoms with E-state index in [0.29, 0.717) is 52.4 Å². The van der Waals surface area contributed by atoms with E-state index in [1.54, 1.807) is 0 Å². The van der Waals surface area contributed by atoms with Crippen LogP contribution in [-0.2, 0) is 0 Å². The van der Waals surface area contributed by atoms with Gasteiger partial charge in [0.05, 0.1) is 0 Å². The van der Waals surface area contributed by atoms with Crippen LogP contribution in [0.3, 0.4) is 0 Å². The molecule has 23 rings (SSSR count). The molecule has 0 aliphatic carbocycles. The first-order valence-electron chi connectivity index (χ1n) is 48.4. The monoisotopic (exact) mass is 1850 g/mol. The van der Waals surface area contributed by atoms with Crippen LogP contribution in [0.2, 0.25) is 0 Å². The van der Waals surface area contributed by atoms with Crippen LogP contribution >= 0.6 is 0 Å². The van der Waals surface area contributed by atoms with E-state index < -0.39 is 0 Å². The lowest BCUT2D eigenvalue weighted by Crippen LogP contribution is -2.03. The molecule has 12 nitrogen and oxygen atoms in total. The third-order valence-corrected chi connectivity index (χ3v) is 25.6. The zero-order chi connectivity index (χ0) is 97.6. The molecule has 144 heavy (non-hydrogen) atoms. The highest BCUT2D eigenvalue weighted by Crippen LogP contribution is 2.48. The van der Waals surface area contributed by atoms with Gasteiger partial charge in [-0.1, -0.05) is 425 Å². The lowest BCUT2D eigenvalue weighted by Gasteiger charge is -2.19. The van der Waals surface area contributed by atoms with Gasteiger partial charge in [0, 0.05) is 89.8 Å². The van der Waals surface area contributed by atoms with Crippen molar-refractivity contribution in [1.29, 1.82) is 0 Å². The number of pyridine rings is 3. The zero-order valence-electron chi connectivity index (χ0n) is 80.6. The van der Waals surface area contributed by atoms with Crippen molar-refractivity contribution in [3.63, 3.8) is 0 Å². The average molecular weight is 1850 g/mol. The quantitative estimate of drug-likeness (QED) is 0.0713. The highest BCUT2D eigenvalue weighted by Gasteiger charge is 2.27. The van der Waals surface area contributed by atoms with E-state index in [1.807, 2.05) is 174 Å². The van der Waals surface area contributed by atoms with Gasteiger partial charge in [0.2, 0.25) is 0 Å². The van der Waals surface area contributed by atoms with Crippen molar-refractivity contribution in [1.82, 2.24) is 59.8 Å². The second-order valence-electron chi connectivity index (χ2n) is 35.6. The molecule has 0 saturated carbocycles. The Morgan fingerprint density at radius 2 is 0.354 bits per heavy atom. The molecule has 23 aromatic rings. The summed E-state index contributed by atoms with van der Waals surface area (Å²) in [6.07, 6.45) is 0. The fourth-order valence-electron chi connectivity index (χ4n) is 18.8. The van der Waals surface area contributed by atoms with E-state index >= 15 is 0 Å². The van der Waals surface area contributed by atoms with E-state index in [0.717, 1.165) is 173 Å². The van der Waals surface area contributed by atoms with Gasteiger partial charge in [-0.15, -0.1) is 0 Å². The number of hydrogen-bond donors (Lipinski definition) is 0. The molecule has 0 spiro atoms. The van der Waals surface area contributed by atoms with Gasteiger partial charge in [0.15, 0.2) is 52.4 Å². The summed E-state index contributed by atoms with van der Waals surface area (Å²) in [7, 11) is 0. The third kappa shape index (κ3) is 20.4. The molecule has 686 valence electrons. The van der Waals surface area contributed by atoms with Crippen molar-refractivity contribution in [3.05, 3.63) is 519 Å². The minimum absolute atomic E-state index is 0.604. The molecule has 0 aliphatic rings. The first kappa shape index (κ1) is 91.6. The molecule has 0 radical (unpaired) electrons. The fourth-order valence-corrected chi connectivity index (χ4v) is 18.8. The van der Waals surface area contributed by atoms with Gasteiger partial charge in [-0.2, -0.15) is 0 Å². The Balaban J connectivity index is 0.000000129. The SMILES string of the molecule is Cc1cc(-c2nc(-c3ccccc3)nc(-c3c(-c4ccccc4)cc(-c4ccccc4)cc3-c3ccccc3)n2)cc(C)n1.Cc1ccc(-c2ccccc2-c2nc(-c3ccccc3)nc(-c3cccc(-c4c(-c5ccccc5)cc(-c5ccccc5)cc4-c4ccccc4)c3)n2)c(C)n1.Cc1ccc(-c2nc(-c3ccccc3)nc(-c3ccc(-c4c(-c5ccccc5)cccc4-c4ccccc4)cc3)n2)c(C)n1. The second kappa shape index (κ2) is 42.3. The number of nitrogens with zero attached hydrogens (tertiary/aromatic N) is 12. The van der Waals surface area contributed by atoms with Crippen LogP contribution in [0.15, 0.2) is 485 Å². The summed E-state index contributed by atoms with van der Waals surface area (Å²) in [4.78, 5) is 59.7. The molecule has 0 saturated heterocycles. The van der Waals surface area contributed by atoms with Crippen molar-refractivity contribution in [2.75, 3.05) is 0 Å². The third-order valence-electron chi connectivity index (χ3n) is 25.6. The van der Waals surface area contributed by atoms with Crippen molar-refractivity contribution in [2.24, 2.45) is 0 Å². The minimum Gasteiger partial charge on any atom is -0.258 e. The van der Waals surface area contributed by atoms with Crippen molar-refractivity contribution >= 4 is 0 Å². The molecule has 0 fully saturated rings. The van der Waals surface area contributed by atoms with E-state index in [-0.39, 0.29) is 0 Å². The molecule has 0 unspecified atom stereocenters. The Hall–Kier alpha value is -18.8. The van der Waals surface area contributed by atoms with Gasteiger partial charge in [-0.3, -0.25) is 15.0 Å². The first-order valence-corrected chi connectivity index (χ1v) is 48.4. The maximum atomic E-state index is 5.24. The minimum atomic E-state index is 0.604. The smallest absolute Gasteiger partial charge is 0.165 e. The number of hydrogen-bond acceptors (Lipinski definition) is 12. The average Bonchev–Trinajstić information content (AvgIpc) is 0.757. The highest BCUT2D eigenvalue weighted by atomic mass is 15.1. The van der Waals surface area contributed by atoms with Crippen LogP contribution in [0.25, 0.3) is 225 Å². The maximum Gasteiger partial charge on any atom is 0.165 e. The Labute approximate surface area is 840 Å². The summed E-state index contributed by atoms with van der Waals surface area (Å²) in [6.45, 7) is 12.1. The van der Waals surface area contributed by atoms with Crippen LogP contribution in [0, 0.1) is 41.5 Å². The number of aromatic nitrogens is 12. The van der Waals surface area contributed by atoms with E-state index in [1.165, 1.54) is 33.4 Å². The Morgan fingerprint density at radius 3 is 0.729 bits per heavy atom. The van der Waals surface area contributed by atoms with Crippen molar-refractivity contribution in [3.8, 4) is 225 Å². The molecular formula is C132H98N12. The summed E-state index contributed by atoms with van der Waals surface area (Å²) in [6, 6.07) is 168. The molecule has 17 aromatic carbocycles. The normalized spacial score (nSPS) is 11.0. The van der Waals surface area contributed by atoms with Gasteiger partial charge in [0.25, 0.3) is 0 Å². The predicted molar refractivity (Wildman–Crippen MR) is 590 cm³/mol. The molecule has 6 aromatic heterocycles. The lowest BCUT2D eigenvalue weighted by atomic mass is 9.84. The van der Waals surface area contributed by atoms with Gasteiger partial charge in [-0.25, -0.2) is 44.9 Å². The van der Waals surface area contributed by atoms with Crippen LogP contribution in [-0.4, -0.2) is 59.8 Å². The van der Waals surface area contributed by atoms with Gasteiger partial charge >= 0.3 is 0 Å². The topological polar surface area (TPSA) is 155 Å². The van der Waals surface area contributed by atoms with E-state index in [9.17, 15) is 0 Å². The van der Waals surface area contributed by atoms with Crippen molar-refractivity contribution in [2.45, 2.75) is 41.5 Å². The van der Waals surface area contributed by atoms with E-state index in [4.69, 9.17) is 49.8 Å². The van der Waals surface area contributed by atoms with Crippen LogP contribution < -0.4 is 0 Å². The summed E-state index contributed by atoms with van der Waals surface area (Å²) in [5, 5.41) is 0. The summed E-state index contributed by atoms with van der Waals surface area (Å²) in [5.74, 6) is 5.57. The Kier molecular flexibility index (Phi) is 26.9. The molecule has 0 amide bonds. The maximum absolute atomic E-state index is 5.24. The lowest BCUT2D eigenvalue weighted by molar-refractivity contribution is 1.05. The number of benzene rings is 17. The van der Waals surface area contributed by atoms with Crippen LogP contribution in [0.4, 0.5) is 0 Å². The second-order valence-corrected chi connectivity index (χ2v) is 35.6. The Morgan fingerprint density at radius 1 is 0.104 bits per heavy atom. The molecule has 0 N–H and O–H groups in total. The predicted octanol–water partition coefficient (Wildman–Crippen LogP) is 33.0. The first-order chi connectivity index (χ1) is 70.8. The molecule has 12 heteroatoms. The zero-order valence-corrected chi connectivity index (χ0v) is 80.6. The van der Waals surface area contributed by atoms with E-state index in [2.05, 4.69) is 363 Å². The summed E-state index contributed by atoms with van der Waals surface area (Å²) in [5.41, 5.74) is 38.9. The highest BCUT2D eigenvalue weighted by molar-refractivity contribution is 6.01. The molecular weight excluding hydrogens is 1750 g/mol. The van der Waals surface area contributed by atoms with Crippen molar-refractivity contribution < 1.29 is 0 Å². The van der Waals surface area contributed by atoms with Gasteiger partial charge < -0.3 is 0 Å². The molecule has 0 bridgehead atoms. The van der Waals surface area contributed by atoms with Gasteiger partial charge in [0.1, 0.15) is 0 Å². The van der Waals surface area contributed by atoms with Crippen LogP contribution in [0.5, 0.6) is 0 Å². The van der Waals surface area contributed by atoms with Crippen LogP contribution in [0.1, 0.15) is 34.2 Å². The molecule has 0 aliphatic heterocycles. The van der Waals surface area contributed by atoms with Gasteiger partial charge in [-0.05, 0) is 219 Å². The molecule has 0 atom stereocenters. The molecule has 6 heterocycles. The summed E-state index contributed by atoms with van der Waals surface area (Å²) >= 11 is 0. The standard InChI is InChI=1S/C52H38N4.2C40H30N4/c1-35-30-31-44(36(2)53-35)45-28-15-16-29-46(45)52-55-50(40-24-13-6-14-25-40)54-51(56-52)42-27-17-26-41(32-42)49-47(38-20-9-4-10-21-38)33-43(37-18-7-3-8-19-37)34-48(49)39-22-11-5-12-23-39;1-27-23-34(24-28(2)41-27)39-42-38(32-21-13-6-14-22-32)43-40(44-39)37-35(30-17-9-4-10-18-30)25-33(29-15-7-3-8-16-29)26-36(37)31-19-11-5-12-20-31;1-27-21-26-34(28(2)41-27)40-43-38(32-17-10-5-11-18-32)42-39(44-40)33-24-22-31(23-25-33)37-35(29-13-6-3-7-14-29)19-12-20-36(37)30-15-8-4-9-16-30/h3-34H,1-2H3;2*3-26H,1-2H3. The Bertz CT molecular complexity index is 8290. The largest absolute Gasteiger partial charge is 0.258 e.